The third-order valence-corrected chi connectivity index (χ3v) is 3.04. The molecule has 0 saturated heterocycles. The summed E-state index contributed by atoms with van der Waals surface area (Å²) in [7, 11) is 0. The second kappa shape index (κ2) is 5.41. The summed E-state index contributed by atoms with van der Waals surface area (Å²) in [6, 6.07) is 4.48. The molecule has 1 rings (SSSR count). The van der Waals surface area contributed by atoms with E-state index >= 15 is 0 Å². The Morgan fingerprint density at radius 3 is 2.45 bits per heavy atom. The van der Waals surface area contributed by atoms with Crippen LogP contribution in [0.25, 0.3) is 0 Å². The van der Waals surface area contributed by atoms with E-state index in [1.54, 1.807) is 6.92 Å². The first-order valence-corrected chi connectivity index (χ1v) is 5.77. The molecule has 0 heterocycles. The molecule has 0 spiro atoms. The van der Waals surface area contributed by atoms with Crippen molar-refractivity contribution in [3.63, 3.8) is 0 Å². The van der Waals surface area contributed by atoms with E-state index < -0.39 is 28.8 Å². The maximum Gasteiger partial charge on any atom is 0.417 e. The molecule has 0 radical (unpaired) electrons. The van der Waals surface area contributed by atoms with Gasteiger partial charge in [0.25, 0.3) is 0 Å². The molecule has 20 heavy (non-hydrogen) atoms. The van der Waals surface area contributed by atoms with Crippen LogP contribution in [0.4, 0.5) is 18.9 Å². The minimum absolute atomic E-state index is 0.00285. The predicted molar refractivity (Wildman–Crippen MR) is 66.1 cm³/mol. The van der Waals surface area contributed by atoms with Crippen molar-refractivity contribution < 1.29 is 23.1 Å². The van der Waals surface area contributed by atoms with Crippen LogP contribution in [-0.4, -0.2) is 16.6 Å². The number of carboxylic acids is 1. The zero-order valence-electron chi connectivity index (χ0n) is 10.9. The molecule has 1 aromatic carbocycles. The van der Waals surface area contributed by atoms with Crippen LogP contribution in [-0.2, 0) is 11.0 Å². The lowest BCUT2D eigenvalue weighted by molar-refractivity contribution is -0.141. The highest BCUT2D eigenvalue weighted by atomic mass is 19.4. The Bertz CT molecular complexity index is 564. The third kappa shape index (κ3) is 3.20. The Morgan fingerprint density at radius 2 is 2.05 bits per heavy atom. The van der Waals surface area contributed by atoms with E-state index in [2.05, 4.69) is 5.32 Å². The highest BCUT2D eigenvalue weighted by Crippen LogP contribution is 2.34. The van der Waals surface area contributed by atoms with Gasteiger partial charge < -0.3 is 10.4 Å². The second-order valence-electron chi connectivity index (χ2n) is 4.49. The van der Waals surface area contributed by atoms with E-state index in [9.17, 15) is 18.0 Å². The molecule has 0 bridgehead atoms. The standard InChI is InChI=1S/C13H13F3N2O2/c1-3-12(2,11(19)20)18-9-5-4-8(7-17)10(6-9)13(14,15)16/h4-6,18H,3H2,1-2H3,(H,19,20). The van der Waals surface area contributed by atoms with E-state index in [4.69, 9.17) is 10.4 Å². The molecule has 1 atom stereocenters. The number of hydrogen-bond donors (Lipinski definition) is 2. The number of hydrogen-bond acceptors (Lipinski definition) is 3. The number of carbonyl (C=O) groups is 1. The van der Waals surface area contributed by atoms with E-state index in [0.717, 1.165) is 12.1 Å². The molecular weight excluding hydrogens is 273 g/mol. The molecule has 7 heteroatoms. The van der Waals surface area contributed by atoms with Crippen molar-refractivity contribution in [3.05, 3.63) is 29.3 Å². The van der Waals surface area contributed by atoms with Gasteiger partial charge in [-0.3, -0.25) is 0 Å². The average molecular weight is 286 g/mol. The number of aliphatic carboxylic acids is 1. The fourth-order valence-electron chi connectivity index (χ4n) is 1.57. The van der Waals surface area contributed by atoms with Gasteiger partial charge in [0.1, 0.15) is 5.54 Å². The average Bonchev–Trinajstić information content (AvgIpc) is 2.37. The molecule has 1 aromatic rings. The van der Waals surface area contributed by atoms with Crippen LogP contribution in [0.15, 0.2) is 18.2 Å². The predicted octanol–water partition coefficient (Wildman–Crippen LogP) is 3.24. The second-order valence-corrected chi connectivity index (χ2v) is 4.49. The summed E-state index contributed by atoms with van der Waals surface area (Å²) in [5.74, 6) is -1.17. The van der Waals surface area contributed by atoms with Crippen molar-refractivity contribution in [2.45, 2.75) is 32.0 Å². The zero-order valence-corrected chi connectivity index (χ0v) is 10.9. The summed E-state index contributed by atoms with van der Waals surface area (Å²) in [6.07, 6.45) is -4.49. The molecule has 0 aliphatic carbocycles. The lowest BCUT2D eigenvalue weighted by atomic mass is 9.98. The number of nitriles is 1. The molecule has 1 unspecified atom stereocenters. The number of anilines is 1. The van der Waals surface area contributed by atoms with Gasteiger partial charge in [-0.05, 0) is 31.5 Å². The molecule has 2 N–H and O–H groups in total. The number of rotatable bonds is 4. The zero-order chi connectivity index (χ0) is 15.6. The van der Waals surface area contributed by atoms with Crippen molar-refractivity contribution in [3.8, 4) is 6.07 Å². The van der Waals surface area contributed by atoms with Crippen LogP contribution in [0.2, 0.25) is 0 Å². The minimum Gasteiger partial charge on any atom is -0.480 e. The number of halogens is 3. The maximum absolute atomic E-state index is 12.8. The van der Waals surface area contributed by atoms with Gasteiger partial charge in [-0.15, -0.1) is 0 Å². The summed E-state index contributed by atoms with van der Waals surface area (Å²) in [4.78, 5) is 11.1. The fraction of sp³-hybridized carbons (Fsp3) is 0.385. The van der Waals surface area contributed by atoms with Crippen LogP contribution < -0.4 is 5.32 Å². The smallest absolute Gasteiger partial charge is 0.417 e. The first-order valence-electron chi connectivity index (χ1n) is 5.77. The third-order valence-electron chi connectivity index (χ3n) is 3.04. The van der Waals surface area contributed by atoms with Gasteiger partial charge in [0.2, 0.25) is 0 Å². The van der Waals surface area contributed by atoms with E-state index in [-0.39, 0.29) is 12.1 Å². The SMILES string of the molecule is CCC(C)(Nc1ccc(C#N)c(C(F)(F)F)c1)C(=O)O. The van der Waals surface area contributed by atoms with Crippen molar-refractivity contribution >= 4 is 11.7 Å². The Balaban J connectivity index is 3.24. The van der Waals surface area contributed by atoms with Gasteiger partial charge in [-0.2, -0.15) is 18.4 Å². The molecule has 0 aliphatic heterocycles. The first kappa shape index (κ1) is 15.8. The molecule has 0 aromatic heterocycles. The molecule has 4 nitrogen and oxygen atoms in total. The highest BCUT2D eigenvalue weighted by Gasteiger charge is 2.35. The maximum atomic E-state index is 12.8. The number of alkyl halides is 3. The molecule has 0 saturated carbocycles. The molecule has 108 valence electrons. The molecule has 0 amide bonds. The molecular formula is C13H13F3N2O2. The lowest BCUT2D eigenvalue weighted by Crippen LogP contribution is -2.42. The minimum atomic E-state index is -4.67. The lowest BCUT2D eigenvalue weighted by Gasteiger charge is -2.26. The summed E-state index contributed by atoms with van der Waals surface area (Å²) >= 11 is 0. The van der Waals surface area contributed by atoms with Crippen LogP contribution in [0.1, 0.15) is 31.4 Å². The fourth-order valence-corrected chi connectivity index (χ4v) is 1.57. The summed E-state index contributed by atoms with van der Waals surface area (Å²) < 4.78 is 38.4. The molecule has 0 aliphatic rings. The van der Waals surface area contributed by atoms with Crippen LogP contribution in [0.5, 0.6) is 0 Å². The van der Waals surface area contributed by atoms with Gasteiger partial charge in [-0.25, -0.2) is 4.79 Å². The van der Waals surface area contributed by atoms with Crippen molar-refractivity contribution in [1.29, 1.82) is 5.26 Å². The quantitative estimate of drug-likeness (QED) is 0.891. The van der Waals surface area contributed by atoms with Gasteiger partial charge in [0.05, 0.1) is 17.2 Å². The van der Waals surface area contributed by atoms with Crippen LogP contribution in [0, 0.1) is 11.3 Å². The monoisotopic (exact) mass is 286 g/mol. The van der Waals surface area contributed by atoms with Crippen LogP contribution in [0.3, 0.4) is 0 Å². The van der Waals surface area contributed by atoms with Gasteiger partial charge in [0, 0.05) is 5.69 Å². The Labute approximate surface area is 113 Å². The Morgan fingerprint density at radius 1 is 1.45 bits per heavy atom. The topological polar surface area (TPSA) is 73.1 Å². The van der Waals surface area contributed by atoms with Crippen molar-refractivity contribution in [1.82, 2.24) is 0 Å². The summed E-state index contributed by atoms with van der Waals surface area (Å²) in [6.45, 7) is 2.98. The van der Waals surface area contributed by atoms with E-state index in [0.29, 0.717) is 0 Å². The molecule has 0 fully saturated rings. The summed E-state index contributed by atoms with van der Waals surface area (Å²) in [5, 5.41) is 20.3. The Kier molecular flexibility index (Phi) is 4.28. The normalized spacial score (nSPS) is 14.2. The van der Waals surface area contributed by atoms with Crippen molar-refractivity contribution in [2.24, 2.45) is 0 Å². The van der Waals surface area contributed by atoms with E-state index in [1.165, 1.54) is 19.1 Å². The van der Waals surface area contributed by atoms with Crippen LogP contribution >= 0.6 is 0 Å². The van der Waals surface area contributed by atoms with Crippen molar-refractivity contribution in [2.75, 3.05) is 5.32 Å². The number of carboxylic acid groups (broad SMARTS) is 1. The number of nitrogens with one attached hydrogen (secondary N) is 1. The number of benzene rings is 1. The largest absolute Gasteiger partial charge is 0.480 e. The highest BCUT2D eigenvalue weighted by molar-refractivity contribution is 5.82. The van der Waals surface area contributed by atoms with E-state index in [1.807, 2.05) is 0 Å². The Hall–Kier alpha value is -2.23. The van der Waals surface area contributed by atoms with Gasteiger partial charge in [-0.1, -0.05) is 6.92 Å². The number of nitrogens with zero attached hydrogens (tertiary/aromatic N) is 1. The summed E-state index contributed by atoms with van der Waals surface area (Å²) in [5.41, 5.74) is -2.97. The first-order chi connectivity index (χ1) is 9.14. The van der Waals surface area contributed by atoms with Gasteiger partial charge >= 0.3 is 12.1 Å². The van der Waals surface area contributed by atoms with Gasteiger partial charge in [0.15, 0.2) is 0 Å².